The van der Waals surface area contributed by atoms with Gasteiger partial charge in [-0.3, -0.25) is 4.57 Å². The van der Waals surface area contributed by atoms with E-state index < -0.39 is 0 Å². The van der Waals surface area contributed by atoms with Crippen LogP contribution in [0.25, 0.3) is 0 Å². The van der Waals surface area contributed by atoms with E-state index in [0.717, 1.165) is 12.8 Å². The smallest absolute Gasteiger partial charge is 0.279 e. The van der Waals surface area contributed by atoms with E-state index in [-0.39, 0.29) is 5.69 Å². The molecular weight excluding hydrogens is 130 g/mol. The summed E-state index contributed by atoms with van der Waals surface area (Å²) in [6, 6.07) is 0.422. The van der Waals surface area contributed by atoms with Gasteiger partial charge in [-0.2, -0.15) is 5.10 Å². The minimum absolute atomic E-state index is 0.0790. The maximum Gasteiger partial charge on any atom is 0.343 e. The first kappa shape index (κ1) is 5.70. The van der Waals surface area contributed by atoms with Gasteiger partial charge in [0.25, 0.3) is 0 Å². The highest BCUT2D eigenvalue weighted by molar-refractivity contribution is 4.79. The summed E-state index contributed by atoms with van der Waals surface area (Å²) in [5.41, 5.74) is -0.0790. The predicted molar refractivity (Wildman–Crippen MR) is 35.7 cm³/mol. The first-order chi connectivity index (χ1) is 4.88. The summed E-state index contributed by atoms with van der Waals surface area (Å²) >= 11 is 0. The van der Waals surface area contributed by atoms with Crippen molar-refractivity contribution >= 4 is 0 Å². The topological polar surface area (TPSA) is 50.7 Å². The van der Waals surface area contributed by atoms with Gasteiger partial charge >= 0.3 is 5.69 Å². The van der Waals surface area contributed by atoms with Crippen LogP contribution in [0, 0.1) is 0 Å². The molecule has 2 rings (SSSR count). The third kappa shape index (κ3) is 0.683. The molecule has 1 fully saturated rings. The third-order valence-electron chi connectivity index (χ3n) is 2.04. The van der Waals surface area contributed by atoms with Gasteiger partial charge in [-0.1, -0.05) is 0 Å². The normalized spacial score (nSPS) is 18.8. The van der Waals surface area contributed by atoms with Crippen molar-refractivity contribution in [2.24, 2.45) is 0 Å². The monoisotopic (exact) mass is 139 g/mol. The standard InChI is InChI=1S/C6H9N3O/c10-6-8-7-4-9(6)5-2-1-3-5/h4-5H,1-3H2,(H,8,10). The molecule has 0 aromatic carbocycles. The van der Waals surface area contributed by atoms with Crippen molar-refractivity contribution in [2.75, 3.05) is 0 Å². The fraction of sp³-hybridized carbons (Fsp3) is 0.667. The Labute approximate surface area is 57.9 Å². The molecule has 4 nitrogen and oxygen atoms in total. The highest BCUT2D eigenvalue weighted by atomic mass is 16.1. The van der Waals surface area contributed by atoms with Crippen molar-refractivity contribution in [2.45, 2.75) is 25.3 Å². The SMILES string of the molecule is O=c1[nH]ncn1C1CCC1. The molecule has 1 aromatic rings. The summed E-state index contributed by atoms with van der Waals surface area (Å²) in [4.78, 5) is 10.9. The van der Waals surface area contributed by atoms with E-state index in [1.54, 1.807) is 10.9 Å². The number of aromatic amines is 1. The minimum Gasteiger partial charge on any atom is -0.279 e. The zero-order valence-electron chi connectivity index (χ0n) is 5.58. The molecule has 0 spiro atoms. The molecule has 1 heterocycles. The summed E-state index contributed by atoms with van der Waals surface area (Å²) in [6.45, 7) is 0. The van der Waals surface area contributed by atoms with Crippen LogP contribution in [0.5, 0.6) is 0 Å². The van der Waals surface area contributed by atoms with Gasteiger partial charge in [0.15, 0.2) is 0 Å². The highest BCUT2D eigenvalue weighted by Gasteiger charge is 2.20. The summed E-state index contributed by atoms with van der Waals surface area (Å²) in [5, 5.41) is 6.03. The van der Waals surface area contributed by atoms with Crippen LogP contribution in [0.2, 0.25) is 0 Å². The van der Waals surface area contributed by atoms with Gasteiger partial charge in [0.1, 0.15) is 6.33 Å². The van der Waals surface area contributed by atoms with Crippen LogP contribution in [0.15, 0.2) is 11.1 Å². The average Bonchev–Trinajstić information content (AvgIpc) is 2.12. The lowest BCUT2D eigenvalue weighted by Gasteiger charge is -2.24. The molecule has 0 amide bonds. The Morgan fingerprint density at radius 3 is 2.90 bits per heavy atom. The summed E-state index contributed by atoms with van der Waals surface area (Å²) in [7, 11) is 0. The van der Waals surface area contributed by atoms with Crippen molar-refractivity contribution in [3.05, 3.63) is 16.8 Å². The molecule has 0 unspecified atom stereocenters. The summed E-state index contributed by atoms with van der Waals surface area (Å²) < 4.78 is 1.67. The molecule has 1 aliphatic carbocycles. The van der Waals surface area contributed by atoms with Crippen LogP contribution in [0.4, 0.5) is 0 Å². The van der Waals surface area contributed by atoms with Crippen molar-refractivity contribution in [3.63, 3.8) is 0 Å². The quantitative estimate of drug-likeness (QED) is 0.608. The molecule has 1 saturated carbocycles. The van der Waals surface area contributed by atoms with Crippen LogP contribution in [0.1, 0.15) is 25.3 Å². The first-order valence-corrected chi connectivity index (χ1v) is 3.49. The van der Waals surface area contributed by atoms with Gasteiger partial charge in [0.2, 0.25) is 0 Å². The Balaban J connectivity index is 2.32. The van der Waals surface area contributed by atoms with Crippen molar-refractivity contribution < 1.29 is 0 Å². The highest BCUT2D eigenvalue weighted by Crippen LogP contribution is 2.29. The maximum atomic E-state index is 10.9. The Morgan fingerprint density at radius 1 is 1.70 bits per heavy atom. The Hall–Kier alpha value is -1.06. The van der Waals surface area contributed by atoms with Crippen LogP contribution < -0.4 is 5.69 Å². The van der Waals surface area contributed by atoms with E-state index in [9.17, 15) is 4.79 Å². The van der Waals surface area contributed by atoms with Gasteiger partial charge in [-0.25, -0.2) is 9.89 Å². The number of aromatic nitrogens is 3. The molecule has 0 saturated heterocycles. The Bertz CT molecular complexity index is 271. The molecule has 54 valence electrons. The molecule has 0 bridgehead atoms. The van der Waals surface area contributed by atoms with Gasteiger partial charge < -0.3 is 0 Å². The molecule has 0 atom stereocenters. The maximum absolute atomic E-state index is 10.9. The molecular formula is C6H9N3O. The lowest BCUT2D eigenvalue weighted by Crippen LogP contribution is -2.26. The number of rotatable bonds is 1. The fourth-order valence-electron chi connectivity index (χ4n) is 1.18. The molecule has 1 aliphatic rings. The average molecular weight is 139 g/mol. The number of nitrogens with zero attached hydrogens (tertiary/aromatic N) is 2. The number of nitrogens with one attached hydrogen (secondary N) is 1. The minimum atomic E-state index is -0.0790. The van der Waals surface area contributed by atoms with Crippen LogP contribution in [0.3, 0.4) is 0 Å². The largest absolute Gasteiger partial charge is 0.343 e. The Kier molecular flexibility index (Phi) is 1.12. The van der Waals surface area contributed by atoms with E-state index in [1.807, 2.05) is 0 Å². The predicted octanol–water partition coefficient (Wildman–Crippen LogP) is 0.296. The molecule has 0 radical (unpaired) electrons. The lowest BCUT2D eigenvalue weighted by atomic mass is 9.93. The van der Waals surface area contributed by atoms with E-state index in [2.05, 4.69) is 10.2 Å². The van der Waals surface area contributed by atoms with E-state index in [1.165, 1.54) is 6.42 Å². The lowest BCUT2D eigenvalue weighted by molar-refractivity contribution is 0.306. The van der Waals surface area contributed by atoms with Crippen molar-refractivity contribution in [3.8, 4) is 0 Å². The van der Waals surface area contributed by atoms with Crippen molar-refractivity contribution in [1.82, 2.24) is 14.8 Å². The van der Waals surface area contributed by atoms with Crippen LogP contribution >= 0.6 is 0 Å². The molecule has 10 heavy (non-hydrogen) atoms. The van der Waals surface area contributed by atoms with Gasteiger partial charge in [-0.15, -0.1) is 0 Å². The van der Waals surface area contributed by atoms with Gasteiger partial charge in [-0.05, 0) is 19.3 Å². The number of hydrogen-bond acceptors (Lipinski definition) is 2. The van der Waals surface area contributed by atoms with Crippen LogP contribution in [-0.2, 0) is 0 Å². The second-order valence-electron chi connectivity index (χ2n) is 2.65. The second-order valence-corrected chi connectivity index (χ2v) is 2.65. The van der Waals surface area contributed by atoms with Gasteiger partial charge in [0.05, 0.1) is 0 Å². The first-order valence-electron chi connectivity index (χ1n) is 3.49. The van der Waals surface area contributed by atoms with E-state index >= 15 is 0 Å². The van der Waals surface area contributed by atoms with E-state index in [4.69, 9.17) is 0 Å². The number of H-pyrrole nitrogens is 1. The second kappa shape index (κ2) is 1.97. The molecule has 0 aliphatic heterocycles. The third-order valence-corrected chi connectivity index (χ3v) is 2.04. The molecule has 4 heteroatoms. The summed E-state index contributed by atoms with van der Waals surface area (Å²) in [5.74, 6) is 0. The Morgan fingerprint density at radius 2 is 2.50 bits per heavy atom. The van der Waals surface area contributed by atoms with Crippen molar-refractivity contribution in [1.29, 1.82) is 0 Å². The number of hydrogen-bond donors (Lipinski definition) is 1. The molecule has 1 aromatic heterocycles. The van der Waals surface area contributed by atoms with Gasteiger partial charge in [0, 0.05) is 6.04 Å². The zero-order valence-corrected chi connectivity index (χ0v) is 5.58. The van der Waals surface area contributed by atoms with E-state index in [0.29, 0.717) is 6.04 Å². The summed E-state index contributed by atoms with van der Waals surface area (Å²) in [6.07, 6.45) is 5.06. The van der Waals surface area contributed by atoms with Crippen LogP contribution in [-0.4, -0.2) is 14.8 Å². The zero-order chi connectivity index (χ0) is 6.97. The fourth-order valence-corrected chi connectivity index (χ4v) is 1.18. The molecule has 1 N–H and O–H groups in total.